The van der Waals surface area contributed by atoms with Crippen LogP contribution in [0, 0.1) is 0 Å². The summed E-state index contributed by atoms with van der Waals surface area (Å²) in [4.78, 5) is 20.9. The van der Waals surface area contributed by atoms with Crippen molar-refractivity contribution in [3.05, 3.63) is 87.7 Å². The van der Waals surface area contributed by atoms with Gasteiger partial charge in [-0.2, -0.15) is 11.3 Å². The Balaban J connectivity index is 1.48. The molecule has 3 heterocycles. The van der Waals surface area contributed by atoms with Gasteiger partial charge in [-0.3, -0.25) is 4.79 Å². The Hall–Kier alpha value is -3.62. The van der Waals surface area contributed by atoms with Crippen molar-refractivity contribution in [2.45, 2.75) is 5.92 Å². The standard InChI is InChI=1S/C26H23N3O3S2/c1-31-23-9-5-7-18(24(23)32-2)20(19-12-27-21-8-4-3-6-17(19)21)13-28-25(30)22-15-34-26(29-22)16-10-11-33-14-16/h3-12,14-15,20,27H,13H2,1-2H3,(H,28,30). The monoisotopic (exact) mass is 489 g/mol. The van der Waals surface area contributed by atoms with Crippen LogP contribution >= 0.6 is 22.7 Å². The fourth-order valence-corrected chi connectivity index (χ4v) is 5.65. The van der Waals surface area contributed by atoms with Crippen LogP contribution < -0.4 is 14.8 Å². The van der Waals surface area contributed by atoms with Crippen LogP contribution in [0.5, 0.6) is 11.5 Å². The molecule has 34 heavy (non-hydrogen) atoms. The molecule has 2 aromatic carbocycles. The SMILES string of the molecule is COc1cccc(C(CNC(=O)c2csc(-c3ccsc3)n2)c2c[nH]c3ccccc23)c1OC. The normalized spacial score (nSPS) is 11.9. The number of hydrogen-bond donors (Lipinski definition) is 2. The first-order valence-electron chi connectivity index (χ1n) is 10.7. The molecule has 0 fully saturated rings. The van der Waals surface area contributed by atoms with Crippen LogP contribution in [0.1, 0.15) is 27.5 Å². The van der Waals surface area contributed by atoms with Gasteiger partial charge in [0.15, 0.2) is 11.5 Å². The van der Waals surface area contributed by atoms with Crippen LogP contribution in [-0.2, 0) is 0 Å². The number of nitrogens with zero attached hydrogens (tertiary/aromatic N) is 1. The molecule has 0 spiro atoms. The van der Waals surface area contributed by atoms with E-state index in [9.17, 15) is 4.79 Å². The molecule has 0 bridgehead atoms. The fraction of sp³-hybridized carbons (Fsp3) is 0.154. The Kier molecular flexibility index (Phi) is 6.33. The number of amides is 1. The van der Waals surface area contributed by atoms with Gasteiger partial charge in [-0.25, -0.2) is 4.98 Å². The lowest BCUT2D eigenvalue weighted by atomic mass is 9.89. The number of rotatable bonds is 8. The van der Waals surface area contributed by atoms with E-state index in [-0.39, 0.29) is 11.8 Å². The Bertz CT molecular complexity index is 1420. The van der Waals surface area contributed by atoms with Crippen LogP contribution in [0.3, 0.4) is 0 Å². The first-order chi connectivity index (χ1) is 16.7. The fourth-order valence-electron chi connectivity index (χ4n) is 4.14. The van der Waals surface area contributed by atoms with Gasteiger partial charge in [0.05, 0.1) is 14.2 Å². The molecule has 6 nitrogen and oxygen atoms in total. The second kappa shape index (κ2) is 9.70. The number of fused-ring (bicyclic) bond motifs is 1. The van der Waals surface area contributed by atoms with E-state index in [0.717, 1.165) is 32.6 Å². The van der Waals surface area contributed by atoms with Crippen molar-refractivity contribution in [1.29, 1.82) is 0 Å². The lowest BCUT2D eigenvalue weighted by Crippen LogP contribution is -2.29. The van der Waals surface area contributed by atoms with Crippen molar-refractivity contribution in [2.24, 2.45) is 0 Å². The summed E-state index contributed by atoms with van der Waals surface area (Å²) in [5, 5.41) is 10.9. The van der Waals surface area contributed by atoms with Crippen molar-refractivity contribution in [1.82, 2.24) is 15.3 Å². The lowest BCUT2D eigenvalue weighted by Gasteiger charge is -2.21. The molecule has 0 radical (unpaired) electrons. The average molecular weight is 490 g/mol. The van der Waals surface area contributed by atoms with Crippen molar-refractivity contribution < 1.29 is 14.3 Å². The van der Waals surface area contributed by atoms with Crippen LogP contribution in [0.25, 0.3) is 21.5 Å². The number of thiazole rings is 1. The summed E-state index contributed by atoms with van der Waals surface area (Å²) in [5.41, 5.74) is 4.49. The van der Waals surface area contributed by atoms with Gasteiger partial charge in [0.1, 0.15) is 10.7 Å². The molecule has 8 heteroatoms. The van der Waals surface area contributed by atoms with E-state index in [1.165, 1.54) is 11.3 Å². The predicted molar refractivity (Wildman–Crippen MR) is 137 cm³/mol. The maximum absolute atomic E-state index is 13.0. The molecule has 0 aliphatic carbocycles. The second-order valence-electron chi connectivity index (χ2n) is 7.68. The Labute approximate surface area is 205 Å². The number of thiophene rings is 1. The predicted octanol–water partition coefficient (Wildman–Crippen LogP) is 5.93. The van der Waals surface area contributed by atoms with E-state index < -0.39 is 0 Å². The van der Waals surface area contributed by atoms with Gasteiger partial charge in [0, 0.05) is 51.4 Å². The topological polar surface area (TPSA) is 76.2 Å². The molecule has 2 N–H and O–H groups in total. The van der Waals surface area contributed by atoms with Gasteiger partial charge < -0.3 is 19.8 Å². The number of carbonyl (C=O) groups excluding carboxylic acids is 1. The maximum atomic E-state index is 13.0. The molecule has 1 amide bonds. The number of benzene rings is 2. The minimum atomic E-state index is -0.204. The van der Waals surface area contributed by atoms with E-state index in [1.54, 1.807) is 30.9 Å². The van der Waals surface area contributed by atoms with Gasteiger partial charge >= 0.3 is 0 Å². The number of nitrogens with one attached hydrogen (secondary N) is 2. The molecular formula is C26H23N3O3S2. The lowest BCUT2D eigenvalue weighted by molar-refractivity contribution is 0.0948. The number of ether oxygens (including phenoxy) is 2. The van der Waals surface area contributed by atoms with Crippen molar-refractivity contribution in [3.8, 4) is 22.1 Å². The molecule has 5 aromatic rings. The largest absolute Gasteiger partial charge is 0.493 e. The third-order valence-corrected chi connectivity index (χ3v) is 7.35. The van der Waals surface area contributed by atoms with Crippen molar-refractivity contribution in [2.75, 3.05) is 20.8 Å². The van der Waals surface area contributed by atoms with E-state index >= 15 is 0 Å². The third-order valence-electron chi connectivity index (χ3n) is 5.78. The molecule has 0 saturated heterocycles. The number of carbonyl (C=O) groups is 1. The van der Waals surface area contributed by atoms with Gasteiger partial charge in [-0.15, -0.1) is 11.3 Å². The van der Waals surface area contributed by atoms with Gasteiger partial charge in [-0.05, 0) is 29.1 Å². The van der Waals surface area contributed by atoms with E-state index in [2.05, 4.69) is 21.4 Å². The molecule has 5 rings (SSSR count). The molecule has 0 aliphatic rings. The first kappa shape index (κ1) is 22.2. The minimum absolute atomic E-state index is 0.167. The van der Waals surface area contributed by atoms with Gasteiger partial charge in [0.25, 0.3) is 5.91 Å². The number of hydrogen-bond acceptors (Lipinski definition) is 6. The minimum Gasteiger partial charge on any atom is -0.493 e. The number of para-hydroxylation sites is 2. The van der Waals surface area contributed by atoms with Crippen molar-refractivity contribution in [3.63, 3.8) is 0 Å². The molecule has 1 unspecified atom stereocenters. The Morgan fingerprint density at radius 1 is 1.06 bits per heavy atom. The highest BCUT2D eigenvalue weighted by molar-refractivity contribution is 7.14. The summed E-state index contributed by atoms with van der Waals surface area (Å²) in [6.07, 6.45) is 2.00. The zero-order valence-electron chi connectivity index (χ0n) is 18.7. The molecule has 1 atom stereocenters. The number of aromatic nitrogens is 2. The van der Waals surface area contributed by atoms with Gasteiger partial charge in [-0.1, -0.05) is 30.3 Å². The Morgan fingerprint density at radius 3 is 2.74 bits per heavy atom. The van der Waals surface area contributed by atoms with E-state index in [1.807, 2.05) is 59.4 Å². The summed E-state index contributed by atoms with van der Waals surface area (Å²) >= 11 is 3.08. The van der Waals surface area contributed by atoms with Crippen LogP contribution in [0.15, 0.2) is 70.9 Å². The first-order valence-corrected chi connectivity index (χ1v) is 12.5. The zero-order valence-corrected chi connectivity index (χ0v) is 20.3. The van der Waals surface area contributed by atoms with Crippen LogP contribution in [-0.4, -0.2) is 36.6 Å². The third kappa shape index (κ3) is 4.18. The highest BCUT2D eigenvalue weighted by atomic mass is 32.1. The van der Waals surface area contributed by atoms with Crippen LogP contribution in [0.4, 0.5) is 0 Å². The zero-order chi connectivity index (χ0) is 23.5. The van der Waals surface area contributed by atoms with E-state index in [4.69, 9.17) is 9.47 Å². The second-order valence-corrected chi connectivity index (χ2v) is 9.32. The quantitative estimate of drug-likeness (QED) is 0.283. The summed E-state index contributed by atoms with van der Waals surface area (Å²) in [5.74, 6) is 0.934. The van der Waals surface area contributed by atoms with E-state index in [0.29, 0.717) is 23.7 Å². The summed E-state index contributed by atoms with van der Waals surface area (Å²) in [7, 11) is 3.25. The smallest absolute Gasteiger partial charge is 0.270 e. The van der Waals surface area contributed by atoms with Gasteiger partial charge in [0.2, 0.25) is 0 Å². The molecule has 172 valence electrons. The van der Waals surface area contributed by atoms with Crippen LogP contribution in [0.2, 0.25) is 0 Å². The number of methoxy groups -OCH3 is 2. The number of H-pyrrole nitrogens is 1. The van der Waals surface area contributed by atoms with Crippen molar-refractivity contribution >= 4 is 39.5 Å². The molecule has 3 aromatic heterocycles. The summed E-state index contributed by atoms with van der Waals surface area (Å²) in [6.45, 7) is 0.371. The molecule has 0 aliphatic heterocycles. The average Bonchev–Trinajstić information content (AvgIpc) is 3.64. The molecule has 0 saturated carbocycles. The Morgan fingerprint density at radius 2 is 1.94 bits per heavy atom. The summed E-state index contributed by atoms with van der Waals surface area (Å²) in [6, 6.07) is 16.0. The maximum Gasteiger partial charge on any atom is 0.270 e. The highest BCUT2D eigenvalue weighted by Gasteiger charge is 2.25. The summed E-state index contributed by atoms with van der Waals surface area (Å²) < 4.78 is 11.3. The molecular weight excluding hydrogens is 466 g/mol. The highest BCUT2D eigenvalue weighted by Crippen LogP contribution is 2.40. The number of aromatic amines is 1.